The minimum absolute atomic E-state index is 0.480. The molecule has 0 amide bonds. The van der Waals surface area contributed by atoms with E-state index in [1.165, 1.54) is 98.1 Å². The third kappa shape index (κ3) is 3.23. The van der Waals surface area contributed by atoms with Gasteiger partial charge in [-0.2, -0.15) is 0 Å². The Morgan fingerprint density at radius 2 is 0.725 bits per heavy atom. The molecule has 1 heteroatoms. The molecule has 0 nitrogen and oxygen atoms in total. The summed E-state index contributed by atoms with van der Waals surface area (Å²) in [5, 5.41) is 2.66. The van der Waals surface area contributed by atoms with Crippen molar-refractivity contribution in [1.29, 1.82) is 0 Å². The van der Waals surface area contributed by atoms with Crippen molar-refractivity contribution in [3.8, 4) is 33.4 Å². The molecule has 0 fully saturated rings. The highest BCUT2D eigenvalue weighted by atomic mass is 32.1. The molecular weight excluding hydrogens is 633 g/mol. The van der Waals surface area contributed by atoms with Crippen LogP contribution in [-0.4, -0.2) is 0 Å². The monoisotopic (exact) mass is 662 g/mol. The Hall–Kier alpha value is -6.02. The molecule has 3 aliphatic rings. The molecule has 8 aromatic carbocycles. The fourth-order valence-corrected chi connectivity index (χ4v) is 11.5. The Morgan fingerprint density at radius 1 is 0.294 bits per heavy atom. The van der Waals surface area contributed by atoms with Gasteiger partial charge in [-0.25, -0.2) is 0 Å². The Morgan fingerprint density at radius 3 is 1.33 bits per heavy atom. The zero-order valence-corrected chi connectivity index (χ0v) is 28.5. The molecular formula is C50H30S. The van der Waals surface area contributed by atoms with Crippen molar-refractivity contribution in [3.05, 3.63) is 226 Å². The molecule has 0 bridgehead atoms. The van der Waals surface area contributed by atoms with E-state index in [0.717, 1.165) is 0 Å². The van der Waals surface area contributed by atoms with Gasteiger partial charge in [-0.1, -0.05) is 164 Å². The maximum atomic E-state index is 2.47. The molecule has 51 heavy (non-hydrogen) atoms. The minimum atomic E-state index is -0.515. The average Bonchev–Trinajstić information content (AvgIpc) is 3.82. The predicted octanol–water partition coefficient (Wildman–Crippen LogP) is 12.8. The lowest BCUT2D eigenvalue weighted by molar-refractivity contribution is 0.634. The van der Waals surface area contributed by atoms with E-state index in [0.29, 0.717) is 0 Å². The van der Waals surface area contributed by atoms with E-state index in [-0.39, 0.29) is 0 Å². The first-order valence-corrected chi connectivity index (χ1v) is 18.7. The predicted molar refractivity (Wildman–Crippen MR) is 213 cm³/mol. The largest absolute Gasteiger partial charge is 0.135 e. The molecule has 0 atom stereocenters. The fourth-order valence-electron chi connectivity index (χ4n) is 10.4. The first-order chi connectivity index (χ1) is 25.3. The van der Waals surface area contributed by atoms with Gasteiger partial charge in [0, 0.05) is 20.2 Å². The normalized spacial score (nSPS) is 15.0. The summed E-state index contributed by atoms with van der Waals surface area (Å²) in [4.78, 5) is 0. The highest BCUT2D eigenvalue weighted by Crippen LogP contribution is 2.68. The summed E-state index contributed by atoms with van der Waals surface area (Å²) < 4.78 is 2.67. The average molecular weight is 663 g/mol. The molecule has 0 N–H and O–H groups in total. The van der Waals surface area contributed by atoms with Crippen LogP contribution in [0, 0.1) is 0 Å². The summed E-state index contributed by atoms with van der Waals surface area (Å²) in [6, 6.07) is 69.3. The molecule has 0 radical (unpaired) electrons. The lowest BCUT2D eigenvalue weighted by Gasteiger charge is -2.49. The van der Waals surface area contributed by atoms with Crippen molar-refractivity contribution >= 4 is 31.5 Å². The van der Waals surface area contributed by atoms with Crippen LogP contribution in [0.5, 0.6) is 0 Å². The van der Waals surface area contributed by atoms with Crippen LogP contribution in [0.15, 0.2) is 182 Å². The molecule has 9 aromatic rings. The topological polar surface area (TPSA) is 0 Å². The van der Waals surface area contributed by atoms with Crippen molar-refractivity contribution in [3.63, 3.8) is 0 Å². The van der Waals surface area contributed by atoms with Gasteiger partial charge in [-0.15, -0.1) is 11.3 Å². The van der Waals surface area contributed by atoms with E-state index in [1.54, 1.807) is 0 Å². The number of hydrogen-bond donors (Lipinski definition) is 0. The highest BCUT2D eigenvalue weighted by Gasteiger charge is 2.59. The van der Waals surface area contributed by atoms with Crippen LogP contribution >= 0.6 is 11.3 Å². The Balaban J connectivity index is 1.31. The van der Waals surface area contributed by atoms with E-state index in [2.05, 4.69) is 182 Å². The number of thiophene rings is 1. The standard InChI is InChI=1S/C50H30S/c1-6-20-39-33(14-1)34-15-2-7-21-40(34)49(39)43-24-10-11-25-44(43)50(41-22-8-3-16-35(41)36-17-4-9-23-42(36)50)48-32(19-13-26-45(48)49)31-28-29-47-38(30-31)37-18-5-12-27-46(37)51-47/h1-30H. The van der Waals surface area contributed by atoms with Gasteiger partial charge in [-0.3, -0.25) is 0 Å². The quantitative estimate of drug-likeness (QED) is 0.164. The number of fused-ring (bicyclic) bond motifs is 19. The number of benzene rings is 8. The lowest BCUT2D eigenvalue weighted by Crippen LogP contribution is -2.44. The van der Waals surface area contributed by atoms with Gasteiger partial charge in [0.15, 0.2) is 0 Å². The van der Waals surface area contributed by atoms with Crippen molar-refractivity contribution in [1.82, 2.24) is 0 Å². The second-order valence-electron chi connectivity index (χ2n) is 14.3. The molecule has 2 spiro atoms. The second kappa shape index (κ2) is 9.82. The number of rotatable bonds is 1. The molecule has 0 saturated heterocycles. The summed E-state index contributed by atoms with van der Waals surface area (Å²) >= 11 is 1.89. The van der Waals surface area contributed by atoms with Crippen LogP contribution in [0.3, 0.4) is 0 Å². The van der Waals surface area contributed by atoms with Crippen LogP contribution in [0.2, 0.25) is 0 Å². The van der Waals surface area contributed by atoms with Crippen molar-refractivity contribution in [2.75, 3.05) is 0 Å². The van der Waals surface area contributed by atoms with Crippen molar-refractivity contribution in [2.24, 2.45) is 0 Å². The third-order valence-electron chi connectivity index (χ3n) is 12.2. The van der Waals surface area contributed by atoms with Crippen LogP contribution in [0.25, 0.3) is 53.6 Å². The summed E-state index contributed by atoms with van der Waals surface area (Å²) in [6.45, 7) is 0. The Kier molecular flexibility index (Phi) is 5.34. The smallest absolute Gasteiger partial charge is 0.0725 e. The van der Waals surface area contributed by atoms with E-state index >= 15 is 0 Å². The zero-order chi connectivity index (χ0) is 33.3. The van der Waals surface area contributed by atoms with Crippen LogP contribution in [0.4, 0.5) is 0 Å². The van der Waals surface area contributed by atoms with Crippen LogP contribution in [-0.2, 0) is 10.8 Å². The van der Waals surface area contributed by atoms with E-state index < -0.39 is 10.8 Å². The van der Waals surface area contributed by atoms with Gasteiger partial charge in [0.1, 0.15) is 0 Å². The summed E-state index contributed by atoms with van der Waals surface area (Å²) in [5.74, 6) is 0. The van der Waals surface area contributed by atoms with Gasteiger partial charge in [-0.05, 0) is 96.1 Å². The van der Waals surface area contributed by atoms with Crippen LogP contribution < -0.4 is 0 Å². The van der Waals surface area contributed by atoms with Gasteiger partial charge < -0.3 is 0 Å². The van der Waals surface area contributed by atoms with Gasteiger partial charge in [0.05, 0.1) is 10.8 Å². The molecule has 3 aliphatic carbocycles. The SMILES string of the molecule is c1ccc2c(c1)-c1ccccc1C21c2ccccc2C2(c3ccccc3-c3ccccc32)c2c(-c3ccc4sc5ccccc5c4c3)cccc21. The minimum Gasteiger partial charge on any atom is -0.135 e. The molecule has 0 aliphatic heterocycles. The van der Waals surface area contributed by atoms with Crippen molar-refractivity contribution in [2.45, 2.75) is 10.8 Å². The summed E-state index contributed by atoms with van der Waals surface area (Å²) in [6.07, 6.45) is 0. The maximum Gasteiger partial charge on any atom is 0.0725 e. The summed E-state index contributed by atoms with van der Waals surface area (Å²) in [7, 11) is 0. The lowest BCUT2D eigenvalue weighted by atomic mass is 9.51. The van der Waals surface area contributed by atoms with E-state index in [1.807, 2.05) is 11.3 Å². The van der Waals surface area contributed by atoms with Gasteiger partial charge in [0.25, 0.3) is 0 Å². The number of hydrogen-bond acceptors (Lipinski definition) is 1. The molecule has 12 rings (SSSR count). The van der Waals surface area contributed by atoms with Gasteiger partial charge in [0.2, 0.25) is 0 Å². The van der Waals surface area contributed by atoms with Crippen LogP contribution in [0.1, 0.15) is 44.5 Å². The zero-order valence-electron chi connectivity index (χ0n) is 27.7. The second-order valence-corrected chi connectivity index (χ2v) is 15.3. The highest BCUT2D eigenvalue weighted by molar-refractivity contribution is 7.25. The Labute approximate surface area is 300 Å². The first kappa shape index (κ1) is 27.8. The maximum absolute atomic E-state index is 2.47. The molecule has 236 valence electrons. The van der Waals surface area contributed by atoms with Gasteiger partial charge >= 0.3 is 0 Å². The molecule has 0 saturated carbocycles. The first-order valence-electron chi connectivity index (χ1n) is 17.9. The third-order valence-corrected chi connectivity index (χ3v) is 13.3. The molecule has 1 heterocycles. The Bertz CT molecular complexity index is 2850. The van der Waals surface area contributed by atoms with Crippen molar-refractivity contribution < 1.29 is 0 Å². The summed E-state index contributed by atoms with van der Waals surface area (Å²) in [5.41, 5.74) is 17.8. The molecule has 1 aromatic heterocycles. The molecule has 0 unspecified atom stereocenters. The van der Waals surface area contributed by atoms with E-state index in [4.69, 9.17) is 0 Å². The van der Waals surface area contributed by atoms with E-state index in [9.17, 15) is 0 Å². The fraction of sp³-hybridized carbons (Fsp3) is 0.0400.